The molecule has 4 heteroatoms. The van der Waals surface area contributed by atoms with Crippen LogP contribution in [0, 0.1) is 3.91 Å². The number of hydrogen-bond acceptors (Lipinski definition) is 0. The standard InChI is InChI=1S/C10H27S3.Li/c1-11(2,3)10(12(4,5)6)13(7,8)9;/h1-9H3;/q-1;+1. The van der Waals surface area contributed by atoms with Gasteiger partial charge < -0.3 is 30.1 Å². The average molecular weight is 250 g/mol. The van der Waals surface area contributed by atoms with Crippen LogP contribution in [0.4, 0.5) is 0 Å². The van der Waals surface area contributed by atoms with Crippen molar-refractivity contribution in [1.82, 2.24) is 0 Å². The van der Waals surface area contributed by atoms with E-state index in [1.165, 1.54) is 0 Å². The van der Waals surface area contributed by atoms with E-state index in [4.69, 9.17) is 0 Å². The van der Waals surface area contributed by atoms with Crippen molar-refractivity contribution >= 4 is 30.1 Å². The van der Waals surface area contributed by atoms with Crippen molar-refractivity contribution in [1.29, 1.82) is 0 Å². The van der Waals surface area contributed by atoms with Crippen LogP contribution in [0.2, 0.25) is 0 Å². The van der Waals surface area contributed by atoms with Gasteiger partial charge in [-0.1, -0.05) is 56.3 Å². The van der Waals surface area contributed by atoms with Gasteiger partial charge in [-0.25, -0.2) is 0 Å². The maximum absolute atomic E-state index is 2.44. The second kappa shape index (κ2) is 5.32. The van der Waals surface area contributed by atoms with Crippen LogP contribution in [-0.4, -0.2) is 56.3 Å². The zero-order valence-corrected chi connectivity index (χ0v) is 14.2. The second-order valence-corrected chi connectivity index (χ2v) is 18.8. The maximum Gasteiger partial charge on any atom is 1.00 e. The monoisotopic (exact) mass is 250 g/mol. The third-order valence-electron chi connectivity index (χ3n) is 1.50. The van der Waals surface area contributed by atoms with Crippen LogP contribution in [0.5, 0.6) is 0 Å². The molecule has 0 aromatic carbocycles. The van der Waals surface area contributed by atoms with E-state index >= 15 is 0 Å². The first-order valence-corrected chi connectivity index (χ1v) is 12.9. The molecule has 0 heterocycles. The fourth-order valence-electron chi connectivity index (χ4n) is 2.25. The van der Waals surface area contributed by atoms with Gasteiger partial charge in [0.05, 0.1) is 0 Å². The van der Waals surface area contributed by atoms with Crippen LogP contribution < -0.4 is 18.9 Å². The van der Waals surface area contributed by atoms with Crippen molar-refractivity contribution in [3.05, 3.63) is 3.91 Å². The van der Waals surface area contributed by atoms with E-state index in [1.54, 1.807) is 0 Å². The number of hydrogen-bond donors (Lipinski definition) is 0. The summed E-state index contributed by atoms with van der Waals surface area (Å²) in [7, 11) is -1.47. The molecule has 86 valence electrons. The predicted octanol–water partition coefficient (Wildman–Crippen LogP) is 0.519. The summed E-state index contributed by atoms with van der Waals surface area (Å²) in [5.74, 6) is 0. The molecular formula is C10H27LiS3. The van der Waals surface area contributed by atoms with Gasteiger partial charge in [0.15, 0.2) is 0 Å². The van der Waals surface area contributed by atoms with Gasteiger partial charge in [-0.15, -0.1) is 0 Å². The summed E-state index contributed by atoms with van der Waals surface area (Å²) in [6.07, 6.45) is 22.0. The van der Waals surface area contributed by atoms with Gasteiger partial charge in [-0.05, 0) is 0 Å². The van der Waals surface area contributed by atoms with Crippen molar-refractivity contribution < 1.29 is 18.9 Å². The Morgan fingerprint density at radius 3 is 0.643 bits per heavy atom. The second-order valence-electron chi connectivity index (χ2n) is 5.76. The van der Waals surface area contributed by atoms with Crippen LogP contribution in [0.3, 0.4) is 0 Å². The Morgan fingerprint density at radius 2 is 0.643 bits per heavy atom. The summed E-state index contributed by atoms with van der Waals surface area (Å²) in [5, 5.41) is 0. The molecule has 0 spiro atoms. The Kier molecular flexibility index (Phi) is 6.85. The Bertz CT molecular complexity index is 138. The minimum Gasteiger partial charge on any atom is -0.367 e. The zero-order chi connectivity index (χ0) is 11.1. The molecule has 14 heavy (non-hydrogen) atoms. The molecule has 0 saturated heterocycles. The molecule has 0 unspecified atom stereocenters. The van der Waals surface area contributed by atoms with Gasteiger partial charge in [0.25, 0.3) is 0 Å². The van der Waals surface area contributed by atoms with E-state index in [0.29, 0.717) is 0 Å². The summed E-state index contributed by atoms with van der Waals surface area (Å²) < 4.78 is 1.90. The van der Waals surface area contributed by atoms with Crippen LogP contribution in [0.15, 0.2) is 0 Å². The van der Waals surface area contributed by atoms with Crippen LogP contribution >= 0.6 is 30.1 Å². The van der Waals surface area contributed by atoms with Crippen LogP contribution in [-0.2, 0) is 0 Å². The molecule has 0 fully saturated rings. The van der Waals surface area contributed by atoms with Crippen molar-refractivity contribution in [2.45, 2.75) is 0 Å². The maximum atomic E-state index is 2.44. The molecular weight excluding hydrogens is 223 g/mol. The van der Waals surface area contributed by atoms with Crippen LogP contribution in [0.1, 0.15) is 0 Å². The third-order valence-corrected chi connectivity index (χ3v) is 13.5. The molecule has 0 saturated carbocycles. The molecule has 0 N–H and O–H groups in total. The van der Waals surface area contributed by atoms with E-state index in [2.05, 4.69) is 56.3 Å². The quantitative estimate of drug-likeness (QED) is 0.506. The third kappa shape index (κ3) is 5.66. The minimum absolute atomic E-state index is 0. The van der Waals surface area contributed by atoms with Crippen molar-refractivity contribution in [2.75, 3.05) is 56.3 Å². The van der Waals surface area contributed by atoms with Gasteiger partial charge in [0.2, 0.25) is 0 Å². The number of rotatable bonds is 3. The summed E-state index contributed by atoms with van der Waals surface area (Å²) >= 11 is 0. The molecule has 0 radical (unpaired) electrons. The van der Waals surface area contributed by atoms with E-state index < -0.39 is 30.1 Å². The van der Waals surface area contributed by atoms with E-state index in [9.17, 15) is 0 Å². The Labute approximate surface area is 108 Å². The molecule has 0 aliphatic carbocycles. The molecule has 0 aliphatic rings. The van der Waals surface area contributed by atoms with E-state index in [-0.39, 0.29) is 18.9 Å². The summed E-state index contributed by atoms with van der Waals surface area (Å²) in [6.45, 7) is 0. The minimum atomic E-state index is -0.490. The van der Waals surface area contributed by atoms with E-state index in [1.807, 2.05) is 3.91 Å². The van der Waals surface area contributed by atoms with Gasteiger partial charge in [0, 0.05) is 0 Å². The van der Waals surface area contributed by atoms with Crippen molar-refractivity contribution in [2.24, 2.45) is 0 Å². The van der Waals surface area contributed by atoms with Gasteiger partial charge in [0.1, 0.15) is 0 Å². The Hall–Kier alpha value is 1.65. The first kappa shape index (κ1) is 18.0. The first-order valence-electron chi connectivity index (χ1n) is 4.29. The molecule has 0 amide bonds. The summed E-state index contributed by atoms with van der Waals surface area (Å²) in [5.41, 5.74) is 0. The molecule has 0 aliphatic heterocycles. The molecule has 0 atom stereocenters. The van der Waals surface area contributed by atoms with Crippen LogP contribution in [0.25, 0.3) is 0 Å². The van der Waals surface area contributed by atoms with Crippen molar-refractivity contribution in [3.63, 3.8) is 0 Å². The van der Waals surface area contributed by atoms with Gasteiger partial charge in [-0.3, -0.25) is 0 Å². The topological polar surface area (TPSA) is 0 Å². The zero-order valence-electron chi connectivity index (χ0n) is 11.7. The SMILES string of the molecule is CS(C)(C)[C-](S(C)(C)C)S(C)(C)C.[Li+]. The van der Waals surface area contributed by atoms with Gasteiger partial charge in [-0.2, -0.15) is 3.91 Å². The van der Waals surface area contributed by atoms with E-state index in [0.717, 1.165) is 0 Å². The molecule has 0 bridgehead atoms. The molecule has 0 aromatic heterocycles. The fourth-order valence-corrected chi connectivity index (χ4v) is 20.2. The van der Waals surface area contributed by atoms with Gasteiger partial charge >= 0.3 is 18.9 Å². The molecule has 0 nitrogen and oxygen atoms in total. The predicted molar refractivity (Wildman–Crippen MR) is 79.3 cm³/mol. The largest absolute Gasteiger partial charge is 1.00 e. The molecule has 0 aromatic rings. The Morgan fingerprint density at radius 1 is 0.500 bits per heavy atom. The normalized spacial score (nSPS) is 17.6. The summed E-state index contributed by atoms with van der Waals surface area (Å²) in [6, 6.07) is 0. The van der Waals surface area contributed by atoms with Crippen molar-refractivity contribution in [3.8, 4) is 0 Å². The first-order chi connectivity index (χ1) is 5.37. The average Bonchev–Trinajstić information content (AvgIpc) is 1.44. The Balaban J connectivity index is 0. The molecule has 0 rings (SSSR count). The fraction of sp³-hybridized carbons (Fsp3) is 0.900. The smallest absolute Gasteiger partial charge is 0.367 e. The summed E-state index contributed by atoms with van der Waals surface area (Å²) in [4.78, 5) is 0.